The van der Waals surface area contributed by atoms with E-state index in [1.807, 2.05) is 20.8 Å². The minimum absolute atomic E-state index is 0.0892. The molecule has 2 amide bonds. The zero-order chi connectivity index (χ0) is 18.9. The lowest BCUT2D eigenvalue weighted by Gasteiger charge is -2.21. The summed E-state index contributed by atoms with van der Waals surface area (Å²) in [6.45, 7) is 6.28. The smallest absolute Gasteiger partial charge is 0.291 e. The standard InChI is InChI=1S/C19H23FN4O2/c1-19(2,3)23-17(25)15-14-10-6-7-11-24(14)16(22-15)18(26)21-13-9-5-4-8-12(13)20/h4-5,8-9H,6-7,10-11H2,1-3H3,(H,21,26)(H,23,25). The molecule has 0 spiro atoms. The number of amides is 2. The van der Waals surface area contributed by atoms with Crippen LogP contribution >= 0.6 is 0 Å². The van der Waals surface area contributed by atoms with E-state index in [-0.39, 0.29) is 23.1 Å². The van der Waals surface area contributed by atoms with E-state index in [0.29, 0.717) is 13.0 Å². The molecular weight excluding hydrogens is 335 g/mol. The van der Waals surface area contributed by atoms with Gasteiger partial charge in [0.25, 0.3) is 11.8 Å². The van der Waals surface area contributed by atoms with Crippen LogP contribution in [-0.2, 0) is 13.0 Å². The van der Waals surface area contributed by atoms with Gasteiger partial charge in [0.2, 0.25) is 0 Å². The predicted octanol–water partition coefficient (Wildman–Crippen LogP) is 3.14. The van der Waals surface area contributed by atoms with Gasteiger partial charge in [-0.25, -0.2) is 9.37 Å². The number of carbonyl (C=O) groups excluding carboxylic acids is 2. The number of para-hydroxylation sites is 1. The number of imidazole rings is 1. The summed E-state index contributed by atoms with van der Waals surface area (Å²) in [6, 6.07) is 5.96. The van der Waals surface area contributed by atoms with Crippen LogP contribution in [0.3, 0.4) is 0 Å². The molecule has 6 nitrogen and oxygen atoms in total. The second kappa shape index (κ2) is 6.90. The molecule has 0 saturated heterocycles. The molecular formula is C19H23FN4O2. The van der Waals surface area contributed by atoms with Crippen molar-refractivity contribution in [1.29, 1.82) is 0 Å². The number of rotatable bonds is 3. The van der Waals surface area contributed by atoms with Crippen molar-refractivity contribution in [2.45, 2.75) is 52.1 Å². The number of halogens is 1. The van der Waals surface area contributed by atoms with Crippen LogP contribution < -0.4 is 10.6 Å². The lowest BCUT2D eigenvalue weighted by atomic mass is 10.1. The van der Waals surface area contributed by atoms with E-state index in [2.05, 4.69) is 15.6 Å². The number of anilines is 1. The molecule has 1 aliphatic rings. The summed E-state index contributed by atoms with van der Waals surface area (Å²) < 4.78 is 15.6. The van der Waals surface area contributed by atoms with Crippen molar-refractivity contribution in [3.05, 3.63) is 47.3 Å². The van der Waals surface area contributed by atoms with Crippen molar-refractivity contribution in [2.24, 2.45) is 0 Å². The molecule has 138 valence electrons. The highest BCUT2D eigenvalue weighted by Crippen LogP contribution is 2.23. The molecule has 2 N–H and O–H groups in total. The Kier molecular flexibility index (Phi) is 4.80. The molecule has 3 rings (SSSR count). The second-order valence-electron chi connectivity index (χ2n) is 7.48. The molecule has 0 atom stereocenters. The molecule has 0 bridgehead atoms. The van der Waals surface area contributed by atoms with Gasteiger partial charge in [-0.05, 0) is 52.2 Å². The Hall–Kier alpha value is -2.70. The van der Waals surface area contributed by atoms with Crippen LogP contribution in [0, 0.1) is 5.82 Å². The minimum Gasteiger partial charge on any atom is -0.346 e. The maximum Gasteiger partial charge on any atom is 0.291 e. The van der Waals surface area contributed by atoms with E-state index < -0.39 is 17.3 Å². The molecule has 0 fully saturated rings. The summed E-state index contributed by atoms with van der Waals surface area (Å²) in [7, 11) is 0. The fourth-order valence-corrected chi connectivity index (χ4v) is 3.04. The van der Waals surface area contributed by atoms with Gasteiger partial charge in [0.05, 0.1) is 11.4 Å². The lowest BCUT2D eigenvalue weighted by Crippen LogP contribution is -2.41. The van der Waals surface area contributed by atoms with E-state index >= 15 is 0 Å². The van der Waals surface area contributed by atoms with Crippen LogP contribution in [0.25, 0.3) is 0 Å². The first-order chi connectivity index (χ1) is 12.3. The molecule has 0 saturated carbocycles. The van der Waals surface area contributed by atoms with Gasteiger partial charge in [0, 0.05) is 12.1 Å². The molecule has 0 aliphatic carbocycles. The van der Waals surface area contributed by atoms with Crippen LogP contribution in [-0.4, -0.2) is 26.9 Å². The SMILES string of the molecule is CC(C)(C)NC(=O)c1nc(C(=O)Nc2ccccc2F)n2c1CCCC2. The molecule has 1 aromatic carbocycles. The number of fused-ring (bicyclic) bond motifs is 1. The number of nitrogens with zero attached hydrogens (tertiary/aromatic N) is 2. The molecule has 2 heterocycles. The van der Waals surface area contributed by atoms with Crippen molar-refractivity contribution in [3.63, 3.8) is 0 Å². The van der Waals surface area contributed by atoms with Crippen LogP contribution in [0.1, 0.15) is 60.4 Å². The van der Waals surface area contributed by atoms with Crippen molar-refractivity contribution < 1.29 is 14.0 Å². The summed E-state index contributed by atoms with van der Waals surface area (Å²) in [4.78, 5) is 29.6. The number of carbonyl (C=O) groups is 2. The number of benzene rings is 1. The lowest BCUT2D eigenvalue weighted by molar-refractivity contribution is 0.0913. The highest BCUT2D eigenvalue weighted by molar-refractivity contribution is 6.03. The third-order valence-electron chi connectivity index (χ3n) is 4.15. The normalized spacial score (nSPS) is 13.8. The average Bonchev–Trinajstić information content (AvgIpc) is 2.95. The van der Waals surface area contributed by atoms with Crippen molar-refractivity contribution >= 4 is 17.5 Å². The zero-order valence-corrected chi connectivity index (χ0v) is 15.2. The average molecular weight is 358 g/mol. The summed E-state index contributed by atoms with van der Waals surface area (Å²) >= 11 is 0. The Morgan fingerprint density at radius 2 is 1.88 bits per heavy atom. The highest BCUT2D eigenvalue weighted by atomic mass is 19.1. The van der Waals surface area contributed by atoms with E-state index in [0.717, 1.165) is 18.5 Å². The van der Waals surface area contributed by atoms with Gasteiger partial charge >= 0.3 is 0 Å². The topological polar surface area (TPSA) is 76.0 Å². The fraction of sp³-hybridized carbons (Fsp3) is 0.421. The number of hydrogen-bond donors (Lipinski definition) is 2. The second-order valence-corrected chi connectivity index (χ2v) is 7.48. The third-order valence-corrected chi connectivity index (χ3v) is 4.15. The first-order valence-electron chi connectivity index (χ1n) is 8.74. The monoisotopic (exact) mass is 358 g/mol. The van der Waals surface area contributed by atoms with Crippen molar-refractivity contribution in [2.75, 3.05) is 5.32 Å². The largest absolute Gasteiger partial charge is 0.346 e. The summed E-state index contributed by atoms with van der Waals surface area (Å²) in [5.74, 6) is -1.19. The first-order valence-corrected chi connectivity index (χ1v) is 8.74. The van der Waals surface area contributed by atoms with Gasteiger partial charge in [-0.1, -0.05) is 12.1 Å². The van der Waals surface area contributed by atoms with Gasteiger partial charge in [-0.2, -0.15) is 0 Å². The Bertz CT molecular complexity index is 852. The van der Waals surface area contributed by atoms with Crippen LogP contribution in [0.2, 0.25) is 0 Å². The van der Waals surface area contributed by atoms with E-state index in [9.17, 15) is 14.0 Å². The van der Waals surface area contributed by atoms with Crippen LogP contribution in [0.15, 0.2) is 24.3 Å². The zero-order valence-electron chi connectivity index (χ0n) is 15.2. The molecule has 0 radical (unpaired) electrons. The van der Waals surface area contributed by atoms with Gasteiger partial charge in [0.15, 0.2) is 5.82 Å². The van der Waals surface area contributed by atoms with E-state index in [1.165, 1.54) is 12.1 Å². The van der Waals surface area contributed by atoms with Gasteiger partial charge in [-0.3, -0.25) is 9.59 Å². The van der Waals surface area contributed by atoms with Crippen LogP contribution in [0.4, 0.5) is 10.1 Å². The number of aromatic nitrogens is 2. The Labute approximate surface area is 151 Å². The molecule has 0 unspecified atom stereocenters. The molecule has 26 heavy (non-hydrogen) atoms. The molecule has 2 aromatic rings. The number of hydrogen-bond acceptors (Lipinski definition) is 3. The quantitative estimate of drug-likeness (QED) is 0.885. The number of nitrogens with one attached hydrogen (secondary N) is 2. The van der Waals surface area contributed by atoms with E-state index in [1.54, 1.807) is 16.7 Å². The Morgan fingerprint density at radius 1 is 1.15 bits per heavy atom. The van der Waals surface area contributed by atoms with E-state index in [4.69, 9.17) is 0 Å². The fourth-order valence-electron chi connectivity index (χ4n) is 3.04. The van der Waals surface area contributed by atoms with Gasteiger partial charge in [-0.15, -0.1) is 0 Å². The molecule has 7 heteroatoms. The highest BCUT2D eigenvalue weighted by Gasteiger charge is 2.29. The minimum atomic E-state index is -0.520. The Morgan fingerprint density at radius 3 is 2.58 bits per heavy atom. The summed E-state index contributed by atoms with van der Waals surface area (Å²) in [5.41, 5.74) is 0.721. The maximum atomic E-state index is 13.8. The summed E-state index contributed by atoms with van der Waals surface area (Å²) in [6.07, 6.45) is 2.53. The third kappa shape index (κ3) is 3.76. The van der Waals surface area contributed by atoms with Gasteiger partial charge in [0.1, 0.15) is 11.5 Å². The van der Waals surface area contributed by atoms with Crippen molar-refractivity contribution in [3.8, 4) is 0 Å². The molecule has 1 aromatic heterocycles. The predicted molar refractivity (Wildman–Crippen MR) is 96.7 cm³/mol. The van der Waals surface area contributed by atoms with Gasteiger partial charge < -0.3 is 15.2 Å². The van der Waals surface area contributed by atoms with Crippen LogP contribution in [0.5, 0.6) is 0 Å². The molecule has 1 aliphatic heterocycles. The Balaban J connectivity index is 1.93. The van der Waals surface area contributed by atoms with Crippen molar-refractivity contribution in [1.82, 2.24) is 14.9 Å². The maximum absolute atomic E-state index is 13.8. The first kappa shape index (κ1) is 18.1. The summed E-state index contributed by atoms with van der Waals surface area (Å²) in [5, 5.41) is 5.44.